The van der Waals surface area contributed by atoms with Crippen LogP contribution in [0.5, 0.6) is 0 Å². The summed E-state index contributed by atoms with van der Waals surface area (Å²) in [5.41, 5.74) is 4.17. The molecule has 2 aromatic carbocycles. The van der Waals surface area contributed by atoms with Gasteiger partial charge in [0.1, 0.15) is 5.84 Å². The fraction of sp³-hybridized carbons (Fsp3) is 0.350. The molecule has 4 nitrogen and oxygen atoms in total. The van der Waals surface area contributed by atoms with Crippen LogP contribution in [0.1, 0.15) is 24.0 Å². The molecule has 2 aliphatic rings. The number of anilines is 2. The Kier molecular flexibility index (Phi) is 4.82. The number of amidine groups is 1. The number of piperidine rings is 1. The molecule has 0 bridgehead atoms. The molecule has 2 aromatic rings. The summed E-state index contributed by atoms with van der Waals surface area (Å²) in [5, 5.41) is 11.8. The number of halogens is 2. The number of fused-ring (bicyclic) bond motifs is 1. The van der Waals surface area contributed by atoms with Gasteiger partial charge in [0.05, 0.1) is 33.5 Å². The Morgan fingerprint density at radius 2 is 1.65 bits per heavy atom. The van der Waals surface area contributed by atoms with Crippen molar-refractivity contribution in [1.29, 1.82) is 0 Å². The summed E-state index contributed by atoms with van der Waals surface area (Å²) in [7, 11) is 0. The van der Waals surface area contributed by atoms with E-state index in [1.165, 1.54) is 11.1 Å². The predicted molar refractivity (Wildman–Crippen MR) is 111 cm³/mol. The van der Waals surface area contributed by atoms with Gasteiger partial charge < -0.3 is 16.0 Å². The van der Waals surface area contributed by atoms with Gasteiger partial charge in [-0.3, -0.25) is 4.99 Å². The van der Waals surface area contributed by atoms with E-state index < -0.39 is 0 Å². The van der Waals surface area contributed by atoms with Crippen molar-refractivity contribution < 1.29 is 0 Å². The fourth-order valence-corrected chi connectivity index (χ4v) is 3.92. The van der Waals surface area contributed by atoms with Crippen LogP contribution in [0.3, 0.4) is 0 Å². The highest BCUT2D eigenvalue weighted by Crippen LogP contribution is 2.40. The van der Waals surface area contributed by atoms with Crippen LogP contribution >= 0.6 is 23.2 Å². The molecule has 0 amide bonds. The molecule has 2 heterocycles. The lowest BCUT2D eigenvalue weighted by atomic mass is 9.84. The summed E-state index contributed by atoms with van der Waals surface area (Å²) in [4.78, 5) is 4.95. The van der Waals surface area contributed by atoms with E-state index in [1.54, 1.807) is 0 Å². The van der Waals surface area contributed by atoms with E-state index in [2.05, 4.69) is 47.1 Å². The molecular weight excluding hydrogens is 367 g/mol. The first-order chi connectivity index (χ1) is 12.6. The molecule has 1 saturated heterocycles. The summed E-state index contributed by atoms with van der Waals surface area (Å²) in [6.07, 6.45) is 1.93. The van der Waals surface area contributed by atoms with Crippen LogP contribution in [0.4, 0.5) is 11.4 Å². The van der Waals surface area contributed by atoms with Gasteiger partial charge >= 0.3 is 0 Å². The summed E-state index contributed by atoms with van der Waals surface area (Å²) >= 11 is 12.4. The Labute approximate surface area is 164 Å². The van der Waals surface area contributed by atoms with Crippen LogP contribution in [0.15, 0.2) is 41.4 Å². The SMILES string of the molecule is Cc1ccc(CN=C2Nc3cc(Cl)c(Cl)cc3NC23CCNCC3)cc1. The van der Waals surface area contributed by atoms with Gasteiger partial charge in [-0.2, -0.15) is 0 Å². The molecular formula is C20H22Cl2N4. The number of hydrogen-bond acceptors (Lipinski definition) is 3. The molecule has 0 unspecified atom stereocenters. The maximum Gasteiger partial charge on any atom is 0.127 e. The molecule has 26 heavy (non-hydrogen) atoms. The minimum Gasteiger partial charge on any atom is -0.371 e. The lowest BCUT2D eigenvalue weighted by molar-refractivity contribution is 0.419. The van der Waals surface area contributed by atoms with Gasteiger partial charge in [0, 0.05) is 0 Å². The normalized spacial score (nSPS) is 19.7. The first-order valence-corrected chi connectivity index (χ1v) is 9.67. The van der Waals surface area contributed by atoms with E-state index in [1.807, 2.05) is 12.1 Å². The van der Waals surface area contributed by atoms with Crippen LogP contribution in [0, 0.1) is 6.92 Å². The zero-order valence-electron chi connectivity index (χ0n) is 14.7. The quantitative estimate of drug-likeness (QED) is 0.688. The maximum absolute atomic E-state index is 6.22. The molecule has 0 atom stereocenters. The molecule has 0 radical (unpaired) electrons. The van der Waals surface area contributed by atoms with E-state index in [-0.39, 0.29) is 5.54 Å². The zero-order chi connectivity index (χ0) is 18.1. The first kappa shape index (κ1) is 17.7. The first-order valence-electron chi connectivity index (χ1n) is 8.91. The minimum absolute atomic E-state index is 0.194. The third-order valence-electron chi connectivity index (χ3n) is 5.14. The Morgan fingerprint density at radius 3 is 2.35 bits per heavy atom. The van der Waals surface area contributed by atoms with Gasteiger partial charge in [-0.1, -0.05) is 53.0 Å². The molecule has 1 spiro atoms. The average Bonchev–Trinajstić information content (AvgIpc) is 2.64. The Balaban J connectivity index is 1.68. The molecule has 0 saturated carbocycles. The fourth-order valence-electron chi connectivity index (χ4n) is 3.59. The van der Waals surface area contributed by atoms with Crippen LogP contribution in [-0.4, -0.2) is 24.5 Å². The summed E-state index contributed by atoms with van der Waals surface area (Å²) < 4.78 is 0. The Morgan fingerprint density at radius 1 is 1.00 bits per heavy atom. The second kappa shape index (κ2) is 7.10. The summed E-state index contributed by atoms with van der Waals surface area (Å²) in [6.45, 7) is 4.65. The van der Waals surface area contributed by atoms with Gasteiger partial charge in [-0.05, 0) is 50.6 Å². The molecule has 0 aliphatic carbocycles. The van der Waals surface area contributed by atoms with E-state index >= 15 is 0 Å². The number of aryl methyl sites for hydroxylation is 1. The van der Waals surface area contributed by atoms with Gasteiger partial charge in [-0.15, -0.1) is 0 Å². The van der Waals surface area contributed by atoms with E-state index in [0.717, 1.165) is 43.1 Å². The average molecular weight is 389 g/mol. The maximum atomic E-state index is 6.22. The van der Waals surface area contributed by atoms with Crippen molar-refractivity contribution in [2.75, 3.05) is 23.7 Å². The minimum atomic E-state index is -0.194. The second-order valence-corrected chi connectivity index (χ2v) is 7.86. The molecule has 6 heteroatoms. The van der Waals surface area contributed by atoms with Crippen molar-refractivity contribution in [3.05, 3.63) is 57.6 Å². The predicted octanol–water partition coefficient (Wildman–Crippen LogP) is 4.86. The number of benzene rings is 2. The van der Waals surface area contributed by atoms with Crippen molar-refractivity contribution in [2.24, 2.45) is 4.99 Å². The van der Waals surface area contributed by atoms with Gasteiger partial charge in [0.2, 0.25) is 0 Å². The second-order valence-electron chi connectivity index (χ2n) is 7.04. The summed E-state index contributed by atoms with van der Waals surface area (Å²) in [6, 6.07) is 12.3. The number of hydrogen-bond donors (Lipinski definition) is 3. The van der Waals surface area contributed by atoms with Crippen molar-refractivity contribution in [1.82, 2.24) is 5.32 Å². The van der Waals surface area contributed by atoms with Crippen LogP contribution in [0.25, 0.3) is 0 Å². The van der Waals surface area contributed by atoms with E-state index in [9.17, 15) is 0 Å². The lowest BCUT2D eigenvalue weighted by Crippen LogP contribution is -2.57. The highest BCUT2D eigenvalue weighted by Gasteiger charge is 2.41. The lowest BCUT2D eigenvalue weighted by Gasteiger charge is -2.44. The van der Waals surface area contributed by atoms with Gasteiger partial charge in [-0.25, -0.2) is 0 Å². The van der Waals surface area contributed by atoms with Crippen molar-refractivity contribution in [3.63, 3.8) is 0 Å². The number of rotatable bonds is 2. The molecule has 136 valence electrons. The topological polar surface area (TPSA) is 48.5 Å². The Hall–Kier alpha value is -1.75. The molecule has 1 fully saturated rings. The molecule has 0 aromatic heterocycles. The molecule has 3 N–H and O–H groups in total. The molecule has 4 rings (SSSR count). The largest absolute Gasteiger partial charge is 0.371 e. The molecule has 2 aliphatic heterocycles. The monoisotopic (exact) mass is 388 g/mol. The van der Waals surface area contributed by atoms with Crippen LogP contribution < -0.4 is 16.0 Å². The van der Waals surface area contributed by atoms with Crippen LogP contribution in [-0.2, 0) is 6.54 Å². The van der Waals surface area contributed by atoms with Crippen molar-refractivity contribution in [2.45, 2.75) is 31.8 Å². The van der Waals surface area contributed by atoms with Gasteiger partial charge in [0.25, 0.3) is 0 Å². The smallest absolute Gasteiger partial charge is 0.127 e. The Bertz CT molecular complexity index is 840. The van der Waals surface area contributed by atoms with E-state index in [0.29, 0.717) is 16.6 Å². The van der Waals surface area contributed by atoms with Crippen LogP contribution in [0.2, 0.25) is 10.0 Å². The number of nitrogens with zero attached hydrogens (tertiary/aromatic N) is 1. The number of aliphatic imine (C=N–C) groups is 1. The summed E-state index contributed by atoms with van der Waals surface area (Å²) in [5.74, 6) is 0.977. The number of nitrogens with one attached hydrogen (secondary N) is 3. The standard InChI is InChI=1S/C20H22Cl2N4/c1-13-2-4-14(5-3-13)12-24-19-20(6-8-23-9-7-20)26-18-11-16(22)15(21)10-17(18)25-19/h2-5,10-11,23,26H,6-9,12H2,1H3,(H,24,25). The van der Waals surface area contributed by atoms with E-state index in [4.69, 9.17) is 28.2 Å². The third-order valence-corrected chi connectivity index (χ3v) is 5.86. The zero-order valence-corrected chi connectivity index (χ0v) is 16.2. The van der Waals surface area contributed by atoms with Crippen molar-refractivity contribution >= 4 is 40.4 Å². The van der Waals surface area contributed by atoms with Crippen molar-refractivity contribution in [3.8, 4) is 0 Å². The highest BCUT2D eigenvalue weighted by molar-refractivity contribution is 6.42. The van der Waals surface area contributed by atoms with Gasteiger partial charge in [0.15, 0.2) is 0 Å². The third kappa shape index (κ3) is 3.41. The highest BCUT2D eigenvalue weighted by atomic mass is 35.5.